The molecule has 108 valence electrons. The van der Waals surface area contributed by atoms with Crippen LogP contribution in [0, 0.1) is 0 Å². The van der Waals surface area contributed by atoms with E-state index in [9.17, 15) is 0 Å². The van der Waals surface area contributed by atoms with Crippen LogP contribution < -0.4 is 10.5 Å². The van der Waals surface area contributed by atoms with Gasteiger partial charge >= 0.3 is 0 Å². The third-order valence-electron chi connectivity index (χ3n) is 3.38. The van der Waals surface area contributed by atoms with Crippen molar-refractivity contribution in [1.29, 1.82) is 0 Å². The molecule has 0 aliphatic heterocycles. The summed E-state index contributed by atoms with van der Waals surface area (Å²) in [7, 11) is 0. The molecule has 21 heavy (non-hydrogen) atoms. The van der Waals surface area contributed by atoms with Crippen LogP contribution in [-0.2, 0) is 6.54 Å². The topological polar surface area (TPSA) is 66.0 Å². The molecule has 0 fully saturated rings. The number of aromatic nitrogens is 3. The summed E-state index contributed by atoms with van der Waals surface area (Å²) in [5.74, 6) is 1.26. The van der Waals surface area contributed by atoms with Crippen LogP contribution in [0.4, 0.5) is 0 Å². The van der Waals surface area contributed by atoms with Crippen molar-refractivity contribution in [2.75, 3.05) is 0 Å². The monoisotopic (exact) mass is 282 g/mol. The van der Waals surface area contributed by atoms with Crippen LogP contribution in [0.15, 0.2) is 42.9 Å². The Labute approximate surface area is 123 Å². The minimum absolute atomic E-state index is 0.298. The molecule has 0 saturated heterocycles. The van der Waals surface area contributed by atoms with Crippen molar-refractivity contribution in [3.63, 3.8) is 0 Å². The van der Waals surface area contributed by atoms with Gasteiger partial charge in [-0.15, -0.1) is 0 Å². The first-order chi connectivity index (χ1) is 10.2. The molecular weight excluding hydrogens is 264 g/mol. The molecule has 5 heteroatoms. The molecule has 5 nitrogen and oxygen atoms in total. The molecule has 0 aliphatic carbocycles. The normalized spacial score (nSPS) is 11.2. The Kier molecular flexibility index (Phi) is 3.58. The number of benzene rings is 1. The highest BCUT2D eigenvalue weighted by atomic mass is 16.5. The fraction of sp³-hybridized carbons (Fsp3) is 0.250. The van der Waals surface area contributed by atoms with Gasteiger partial charge in [0.2, 0.25) is 5.88 Å². The first-order valence-corrected chi connectivity index (χ1v) is 6.97. The molecule has 0 bridgehead atoms. The molecular formula is C16H18N4O. The number of nitrogens with zero attached hydrogens (tertiary/aromatic N) is 3. The highest BCUT2D eigenvalue weighted by molar-refractivity contribution is 5.89. The fourth-order valence-corrected chi connectivity index (χ4v) is 2.24. The summed E-state index contributed by atoms with van der Waals surface area (Å²) >= 11 is 0. The predicted octanol–water partition coefficient (Wildman–Crippen LogP) is 3.26. The van der Waals surface area contributed by atoms with E-state index in [0.29, 0.717) is 24.2 Å². The number of hydrogen-bond acceptors (Lipinski definition) is 4. The lowest BCUT2D eigenvalue weighted by Gasteiger charge is -2.09. The van der Waals surface area contributed by atoms with E-state index in [4.69, 9.17) is 10.5 Å². The van der Waals surface area contributed by atoms with Gasteiger partial charge in [-0.1, -0.05) is 18.2 Å². The maximum atomic E-state index is 5.89. The summed E-state index contributed by atoms with van der Waals surface area (Å²) in [5, 5.41) is 6.30. The Morgan fingerprint density at radius 1 is 1.19 bits per heavy atom. The van der Waals surface area contributed by atoms with E-state index >= 15 is 0 Å². The van der Waals surface area contributed by atoms with Crippen LogP contribution >= 0.6 is 0 Å². The van der Waals surface area contributed by atoms with Crippen molar-refractivity contribution >= 4 is 10.8 Å². The minimum Gasteiger partial charge on any atom is -0.435 e. The van der Waals surface area contributed by atoms with Crippen molar-refractivity contribution in [2.24, 2.45) is 5.73 Å². The van der Waals surface area contributed by atoms with Crippen molar-refractivity contribution in [1.82, 2.24) is 14.8 Å². The number of ether oxygens (including phenoxy) is 1. The molecule has 3 aromatic rings. The summed E-state index contributed by atoms with van der Waals surface area (Å²) < 4.78 is 7.74. The van der Waals surface area contributed by atoms with Gasteiger partial charge in [0.25, 0.3) is 0 Å². The smallest absolute Gasteiger partial charge is 0.227 e. The van der Waals surface area contributed by atoms with E-state index in [1.54, 1.807) is 12.4 Å². The van der Waals surface area contributed by atoms with Gasteiger partial charge in [0.1, 0.15) is 0 Å². The third kappa shape index (κ3) is 2.60. The second-order valence-corrected chi connectivity index (χ2v) is 5.19. The van der Waals surface area contributed by atoms with E-state index in [0.717, 1.165) is 16.3 Å². The Morgan fingerprint density at radius 3 is 2.62 bits per heavy atom. The number of pyridine rings is 1. The predicted molar refractivity (Wildman–Crippen MR) is 82.3 cm³/mol. The van der Waals surface area contributed by atoms with E-state index < -0.39 is 0 Å². The summed E-state index contributed by atoms with van der Waals surface area (Å²) in [6.45, 7) is 4.60. The van der Waals surface area contributed by atoms with Crippen molar-refractivity contribution in [3.05, 3.63) is 48.4 Å². The number of hydrogen-bond donors (Lipinski definition) is 1. The summed E-state index contributed by atoms with van der Waals surface area (Å²) in [4.78, 5) is 4.39. The zero-order valence-electron chi connectivity index (χ0n) is 12.2. The van der Waals surface area contributed by atoms with Crippen LogP contribution in [0.25, 0.3) is 10.8 Å². The second kappa shape index (κ2) is 5.54. The van der Waals surface area contributed by atoms with Gasteiger partial charge in [-0.25, -0.2) is 4.98 Å². The molecule has 0 aliphatic rings. The quantitative estimate of drug-likeness (QED) is 0.797. The lowest BCUT2D eigenvalue weighted by molar-refractivity contribution is 0.464. The molecule has 2 heterocycles. The van der Waals surface area contributed by atoms with Gasteiger partial charge in [0.15, 0.2) is 5.75 Å². The Bertz CT molecular complexity index is 764. The molecule has 0 amide bonds. The van der Waals surface area contributed by atoms with Gasteiger partial charge in [0, 0.05) is 24.2 Å². The summed E-state index contributed by atoms with van der Waals surface area (Å²) in [6, 6.07) is 8.27. The standard InChI is InChI=1S/C16H18N4O/c1-11(2)20-10-13(9-19-20)21-16-15-6-4-3-5-14(15)12(7-17)8-18-16/h3-6,8-11H,7,17H2,1-2H3. The van der Waals surface area contributed by atoms with Crippen molar-refractivity contribution in [2.45, 2.75) is 26.4 Å². The molecule has 0 saturated carbocycles. The van der Waals surface area contributed by atoms with Gasteiger partial charge in [-0.3, -0.25) is 4.68 Å². The molecule has 1 aromatic carbocycles. The van der Waals surface area contributed by atoms with Crippen LogP contribution in [0.5, 0.6) is 11.6 Å². The van der Waals surface area contributed by atoms with E-state index in [2.05, 4.69) is 23.9 Å². The van der Waals surface area contributed by atoms with Gasteiger partial charge < -0.3 is 10.5 Å². The van der Waals surface area contributed by atoms with Crippen LogP contribution in [-0.4, -0.2) is 14.8 Å². The van der Waals surface area contributed by atoms with Crippen molar-refractivity contribution in [3.8, 4) is 11.6 Å². The highest BCUT2D eigenvalue weighted by Crippen LogP contribution is 2.29. The maximum Gasteiger partial charge on any atom is 0.227 e. The Hall–Kier alpha value is -2.40. The SMILES string of the molecule is CC(C)n1cc(Oc2ncc(CN)c3ccccc23)cn1. The Morgan fingerprint density at radius 2 is 1.95 bits per heavy atom. The van der Waals surface area contributed by atoms with Crippen LogP contribution in [0.2, 0.25) is 0 Å². The maximum absolute atomic E-state index is 5.89. The van der Waals surface area contributed by atoms with Crippen LogP contribution in [0.3, 0.4) is 0 Å². The summed E-state index contributed by atoms with van der Waals surface area (Å²) in [6.07, 6.45) is 5.34. The number of fused-ring (bicyclic) bond motifs is 1. The average Bonchev–Trinajstić information content (AvgIpc) is 2.96. The molecule has 2 N–H and O–H groups in total. The molecule has 3 rings (SSSR count). The van der Waals surface area contributed by atoms with Crippen molar-refractivity contribution < 1.29 is 4.74 Å². The molecule has 0 unspecified atom stereocenters. The number of nitrogens with two attached hydrogens (primary N) is 1. The number of rotatable bonds is 4. The lowest BCUT2D eigenvalue weighted by atomic mass is 10.1. The highest BCUT2D eigenvalue weighted by Gasteiger charge is 2.10. The van der Waals surface area contributed by atoms with Gasteiger partial charge in [-0.05, 0) is 30.9 Å². The Balaban J connectivity index is 2.00. The fourth-order valence-electron chi connectivity index (χ4n) is 2.24. The average molecular weight is 282 g/mol. The van der Waals surface area contributed by atoms with Gasteiger partial charge in [-0.2, -0.15) is 5.10 Å². The molecule has 0 spiro atoms. The first-order valence-electron chi connectivity index (χ1n) is 6.97. The molecule has 0 atom stereocenters. The van der Waals surface area contributed by atoms with E-state index in [1.807, 2.05) is 35.1 Å². The first kappa shape index (κ1) is 13.6. The zero-order valence-corrected chi connectivity index (χ0v) is 12.2. The largest absolute Gasteiger partial charge is 0.435 e. The van der Waals surface area contributed by atoms with Gasteiger partial charge in [0.05, 0.1) is 12.4 Å². The lowest BCUT2D eigenvalue weighted by Crippen LogP contribution is -2.00. The van der Waals surface area contributed by atoms with Crippen LogP contribution in [0.1, 0.15) is 25.5 Å². The van der Waals surface area contributed by atoms with E-state index in [1.165, 1.54) is 0 Å². The summed E-state index contributed by atoms with van der Waals surface area (Å²) in [5.41, 5.74) is 6.77. The molecule has 2 aromatic heterocycles. The minimum atomic E-state index is 0.298. The zero-order chi connectivity index (χ0) is 14.8. The molecule has 0 radical (unpaired) electrons. The van der Waals surface area contributed by atoms with E-state index in [-0.39, 0.29) is 0 Å². The third-order valence-corrected chi connectivity index (χ3v) is 3.38. The second-order valence-electron chi connectivity index (χ2n) is 5.19.